The van der Waals surface area contributed by atoms with Crippen LogP contribution >= 0.6 is 0 Å². The zero-order valence-corrected chi connectivity index (χ0v) is 12.1. The maximum absolute atomic E-state index is 12.5. The topological polar surface area (TPSA) is 74.0 Å². The summed E-state index contributed by atoms with van der Waals surface area (Å²) >= 11 is 0. The van der Waals surface area contributed by atoms with Gasteiger partial charge in [-0.1, -0.05) is 0 Å². The van der Waals surface area contributed by atoms with Crippen molar-refractivity contribution in [2.45, 2.75) is 6.92 Å². The van der Waals surface area contributed by atoms with Crippen LogP contribution in [0.25, 0.3) is 5.65 Å². The van der Waals surface area contributed by atoms with Crippen LogP contribution in [0.1, 0.15) is 16.2 Å². The molecule has 0 aliphatic carbocycles. The molecule has 1 saturated heterocycles. The summed E-state index contributed by atoms with van der Waals surface area (Å²) in [6, 6.07) is 3.59. The van der Waals surface area contributed by atoms with Crippen LogP contribution in [-0.4, -0.2) is 74.7 Å². The number of β-amino-alcohol motifs (C(OH)–C–C–N with tert-alkyl or cyclic N) is 1. The third kappa shape index (κ3) is 2.74. The van der Waals surface area contributed by atoms with E-state index in [2.05, 4.69) is 15.1 Å². The fraction of sp³-hybridized carbons (Fsp3) is 0.500. The monoisotopic (exact) mass is 289 g/mol. The van der Waals surface area contributed by atoms with Crippen LogP contribution in [0.2, 0.25) is 0 Å². The largest absolute Gasteiger partial charge is 0.395 e. The Morgan fingerprint density at radius 2 is 2.05 bits per heavy atom. The molecule has 21 heavy (non-hydrogen) atoms. The highest BCUT2D eigenvalue weighted by Gasteiger charge is 2.22. The maximum Gasteiger partial charge on any atom is 0.254 e. The number of aliphatic hydroxyl groups excluding tert-OH is 1. The number of piperazine rings is 1. The highest BCUT2D eigenvalue weighted by molar-refractivity contribution is 5.95. The Kier molecular flexibility index (Phi) is 3.85. The second-order valence-corrected chi connectivity index (χ2v) is 5.25. The van der Waals surface area contributed by atoms with E-state index in [1.807, 2.05) is 28.5 Å². The average molecular weight is 289 g/mol. The van der Waals surface area contributed by atoms with Crippen LogP contribution in [-0.2, 0) is 0 Å². The summed E-state index contributed by atoms with van der Waals surface area (Å²) in [4.78, 5) is 16.5. The number of fused-ring (bicyclic) bond motifs is 1. The van der Waals surface area contributed by atoms with E-state index in [1.165, 1.54) is 0 Å². The van der Waals surface area contributed by atoms with Gasteiger partial charge < -0.3 is 10.0 Å². The molecule has 112 valence electrons. The number of aliphatic hydroxyl groups is 1. The van der Waals surface area contributed by atoms with E-state index in [0.29, 0.717) is 30.8 Å². The molecule has 2 aromatic heterocycles. The molecule has 1 fully saturated rings. The lowest BCUT2D eigenvalue weighted by Gasteiger charge is -2.34. The van der Waals surface area contributed by atoms with Gasteiger partial charge in [-0.15, -0.1) is 10.2 Å². The highest BCUT2D eigenvalue weighted by Crippen LogP contribution is 2.11. The lowest BCUT2D eigenvalue weighted by atomic mass is 10.2. The molecule has 3 heterocycles. The molecule has 7 heteroatoms. The molecule has 1 aliphatic rings. The Morgan fingerprint density at radius 1 is 1.29 bits per heavy atom. The number of aryl methyl sites for hydroxylation is 1. The number of pyridine rings is 1. The second-order valence-electron chi connectivity index (χ2n) is 5.25. The van der Waals surface area contributed by atoms with Crippen molar-refractivity contribution in [1.82, 2.24) is 24.4 Å². The van der Waals surface area contributed by atoms with Gasteiger partial charge in [-0.05, 0) is 19.1 Å². The van der Waals surface area contributed by atoms with Crippen molar-refractivity contribution in [3.63, 3.8) is 0 Å². The van der Waals surface area contributed by atoms with Gasteiger partial charge >= 0.3 is 0 Å². The number of carbonyl (C=O) groups excluding carboxylic acids is 1. The summed E-state index contributed by atoms with van der Waals surface area (Å²) in [7, 11) is 0. The van der Waals surface area contributed by atoms with E-state index >= 15 is 0 Å². The molecular weight excluding hydrogens is 270 g/mol. The molecule has 0 unspecified atom stereocenters. The fourth-order valence-corrected chi connectivity index (χ4v) is 2.64. The first kappa shape index (κ1) is 14.0. The van der Waals surface area contributed by atoms with E-state index < -0.39 is 0 Å². The molecule has 0 radical (unpaired) electrons. The van der Waals surface area contributed by atoms with Crippen LogP contribution in [0.3, 0.4) is 0 Å². The molecule has 0 spiro atoms. The van der Waals surface area contributed by atoms with Gasteiger partial charge in [0, 0.05) is 44.5 Å². The van der Waals surface area contributed by atoms with Gasteiger partial charge in [-0.25, -0.2) is 0 Å². The predicted octanol–water partition coefficient (Wildman–Crippen LogP) is -0.212. The summed E-state index contributed by atoms with van der Waals surface area (Å²) in [5.74, 6) is 0.836. The Balaban J connectivity index is 1.72. The SMILES string of the molecule is Cc1nnc2cc(C(=O)N3CCN(CCO)CC3)ccn12. The number of carbonyl (C=O) groups is 1. The predicted molar refractivity (Wildman–Crippen MR) is 77.2 cm³/mol. The number of aromatic nitrogens is 3. The zero-order valence-electron chi connectivity index (χ0n) is 12.1. The summed E-state index contributed by atoms with van der Waals surface area (Å²) in [6.07, 6.45) is 1.83. The Bertz CT molecular complexity index is 646. The van der Waals surface area contributed by atoms with Crippen LogP contribution in [0.4, 0.5) is 0 Å². The molecule has 2 aromatic rings. The maximum atomic E-state index is 12.5. The molecule has 0 saturated carbocycles. The molecule has 1 aliphatic heterocycles. The number of hydrogen-bond acceptors (Lipinski definition) is 5. The van der Waals surface area contributed by atoms with Gasteiger partial charge in [-0.3, -0.25) is 14.1 Å². The van der Waals surface area contributed by atoms with Crippen molar-refractivity contribution in [2.24, 2.45) is 0 Å². The first-order valence-electron chi connectivity index (χ1n) is 7.13. The normalized spacial score (nSPS) is 16.6. The van der Waals surface area contributed by atoms with Gasteiger partial charge in [0.15, 0.2) is 5.65 Å². The van der Waals surface area contributed by atoms with E-state index in [4.69, 9.17) is 5.11 Å². The molecule has 1 amide bonds. The van der Waals surface area contributed by atoms with E-state index in [-0.39, 0.29) is 12.5 Å². The highest BCUT2D eigenvalue weighted by atomic mass is 16.3. The van der Waals surface area contributed by atoms with Gasteiger partial charge in [0.2, 0.25) is 0 Å². The van der Waals surface area contributed by atoms with Crippen LogP contribution in [0.5, 0.6) is 0 Å². The van der Waals surface area contributed by atoms with Gasteiger partial charge in [0.1, 0.15) is 5.82 Å². The molecule has 3 rings (SSSR count). The molecule has 0 atom stereocenters. The smallest absolute Gasteiger partial charge is 0.254 e. The van der Waals surface area contributed by atoms with E-state index in [1.54, 1.807) is 6.07 Å². The van der Waals surface area contributed by atoms with Crippen LogP contribution in [0, 0.1) is 6.92 Å². The van der Waals surface area contributed by atoms with E-state index in [9.17, 15) is 4.79 Å². The first-order valence-corrected chi connectivity index (χ1v) is 7.13. The van der Waals surface area contributed by atoms with Crippen molar-refractivity contribution in [1.29, 1.82) is 0 Å². The van der Waals surface area contributed by atoms with Gasteiger partial charge in [-0.2, -0.15) is 0 Å². The quantitative estimate of drug-likeness (QED) is 0.846. The van der Waals surface area contributed by atoms with Crippen LogP contribution in [0.15, 0.2) is 18.3 Å². The van der Waals surface area contributed by atoms with Crippen molar-refractivity contribution in [2.75, 3.05) is 39.3 Å². The van der Waals surface area contributed by atoms with Crippen molar-refractivity contribution < 1.29 is 9.90 Å². The lowest BCUT2D eigenvalue weighted by molar-refractivity contribution is 0.0615. The summed E-state index contributed by atoms with van der Waals surface area (Å²) < 4.78 is 1.86. The van der Waals surface area contributed by atoms with Gasteiger partial charge in [0.25, 0.3) is 5.91 Å². The molecule has 1 N–H and O–H groups in total. The average Bonchev–Trinajstić information content (AvgIpc) is 2.88. The van der Waals surface area contributed by atoms with Crippen LogP contribution < -0.4 is 0 Å². The van der Waals surface area contributed by atoms with Crippen molar-refractivity contribution >= 4 is 11.6 Å². The van der Waals surface area contributed by atoms with E-state index in [0.717, 1.165) is 18.9 Å². The van der Waals surface area contributed by atoms with Crippen molar-refractivity contribution in [3.05, 3.63) is 29.7 Å². The molecule has 0 aromatic carbocycles. The number of nitrogens with zero attached hydrogens (tertiary/aromatic N) is 5. The Morgan fingerprint density at radius 3 is 2.76 bits per heavy atom. The standard InChI is InChI=1S/C14H19N5O2/c1-11-15-16-13-10-12(2-3-19(11)13)14(21)18-6-4-17(5-7-18)8-9-20/h2-3,10,20H,4-9H2,1H3. The molecule has 0 bridgehead atoms. The third-order valence-electron chi connectivity index (χ3n) is 3.90. The summed E-state index contributed by atoms with van der Waals surface area (Å²) in [5.41, 5.74) is 1.34. The minimum Gasteiger partial charge on any atom is -0.395 e. The number of hydrogen-bond donors (Lipinski definition) is 1. The fourth-order valence-electron chi connectivity index (χ4n) is 2.64. The molecular formula is C14H19N5O2. The number of rotatable bonds is 3. The Labute approximate surface area is 122 Å². The Hall–Kier alpha value is -1.99. The number of amides is 1. The lowest BCUT2D eigenvalue weighted by Crippen LogP contribution is -2.49. The van der Waals surface area contributed by atoms with Gasteiger partial charge in [0.05, 0.1) is 6.61 Å². The van der Waals surface area contributed by atoms with Crippen molar-refractivity contribution in [3.8, 4) is 0 Å². The minimum atomic E-state index is 0.0294. The first-order chi connectivity index (χ1) is 10.2. The molecule has 7 nitrogen and oxygen atoms in total. The zero-order chi connectivity index (χ0) is 14.8. The summed E-state index contributed by atoms with van der Waals surface area (Å²) in [6.45, 7) is 5.70. The third-order valence-corrected chi connectivity index (χ3v) is 3.90. The minimum absolute atomic E-state index is 0.0294. The second kappa shape index (κ2) is 5.79. The summed E-state index contributed by atoms with van der Waals surface area (Å²) in [5, 5.41) is 17.0.